The Morgan fingerprint density at radius 3 is 2.42 bits per heavy atom. The van der Waals surface area contributed by atoms with Gasteiger partial charge in [-0.05, 0) is 19.4 Å². The second kappa shape index (κ2) is 12.7. The number of hydrogen-bond donors (Lipinski definition) is 2. The van der Waals surface area contributed by atoms with Gasteiger partial charge in [-0.2, -0.15) is 24.9 Å². The molecule has 0 atom stereocenters. The smallest absolute Gasteiger partial charge is 0.357 e. The molecule has 1 aromatic carbocycles. The number of thioether (sulfide) groups is 1. The number of hydrogen-bond acceptors (Lipinski definition) is 2. The molecule has 1 rings (SSSR count). The standard InChI is InChI=1S/C16H24F3N3S.HI/c1-3-20-15(21-9-8-16(17,18)19)22-10-11-23-12-14-6-4-13(2)5-7-14;/h4-7H,3,8-12H2,1-2H3,(H2,20,21,22);1H. The summed E-state index contributed by atoms with van der Waals surface area (Å²) in [6, 6.07) is 8.40. The number of guanidine groups is 1. The largest absolute Gasteiger partial charge is 0.390 e. The zero-order valence-electron chi connectivity index (χ0n) is 13.9. The minimum Gasteiger partial charge on any atom is -0.357 e. The molecule has 0 radical (unpaired) electrons. The van der Waals surface area contributed by atoms with E-state index >= 15 is 0 Å². The predicted octanol–water partition coefficient (Wildman–Crippen LogP) is 4.35. The Morgan fingerprint density at radius 2 is 1.83 bits per heavy atom. The van der Waals surface area contributed by atoms with E-state index in [1.807, 2.05) is 6.92 Å². The van der Waals surface area contributed by atoms with E-state index in [-0.39, 0.29) is 30.5 Å². The Hall–Kier alpha value is -0.640. The van der Waals surface area contributed by atoms with Gasteiger partial charge in [0, 0.05) is 24.6 Å². The molecule has 0 saturated carbocycles. The van der Waals surface area contributed by atoms with Crippen molar-refractivity contribution in [3.05, 3.63) is 35.4 Å². The van der Waals surface area contributed by atoms with Crippen molar-refractivity contribution in [3.63, 3.8) is 0 Å². The third-order valence-corrected chi connectivity index (χ3v) is 3.97. The Kier molecular flexibility index (Phi) is 12.3. The van der Waals surface area contributed by atoms with Crippen LogP contribution in [-0.4, -0.2) is 37.5 Å². The number of aryl methyl sites for hydroxylation is 1. The van der Waals surface area contributed by atoms with Crippen LogP contribution in [0, 0.1) is 6.92 Å². The SMILES string of the molecule is CCNC(=NCCC(F)(F)F)NCCSCc1ccc(C)cc1.I. The third-order valence-electron chi connectivity index (χ3n) is 2.94. The van der Waals surface area contributed by atoms with E-state index in [1.165, 1.54) is 11.1 Å². The zero-order chi connectivity index (χ0) is 17.1. The average Bonchev–Trinajstić information content (AvgIpc) is 2.47. The molecule has 138 valence electrons. The van der Waals surface area contributed by atoms with Crippen LogP contribution < -0.4 is 10.6 Å². The van der Waals surface area contributed by atoms with E-state index in [1.54, 1.807) is 11.8 Å². The predicted molar refractivity (Wildman–Crippen MR) is 107 cm³/mol. The van der Waals surface area contributed by atoms with Crippen LogP contribution in [0.5, 0.6) is 0 Å². The van der Waals surface area contributed by atoms with Crippen molar-refractivity contribution in [1.82, 2.24) is 10.6 Å². The normalized spacial score (nSPS) is 11.8. The molecule has 0 aromatic heterocycles. The molecular weight excluding hydrogens is 450 g/mol. The zero-order valence-corrected chi connectivity index (χ0v) is 17.1. The fraction of sp³-hybridized carbons (Fsp3) is 0.562. The summed E-state index contributed by atoms with van der Waals surface area (Å²) in [6.07, 6.45) is -5.06. The van der Waals surface area contributed by atoms with Gasteiger partial charge in [-0.3, -0.25) is 4.99 Å². The number of alkyl halides is 3. The van der Waals surface area contributed by atoms with Crippen molar-refractivity contribution < 1.29 is 13.2 Å². The van der Waals surface area contributed by atoms with Crippen LogP contribution in [0.4, 0.5) is 13.2 Å². The molecule has 0 spiro atoms. The topological polar surface area (TPSA) is 36.4 Å². The van der Waals surface area contributed by atoms with Crippen molar-refractivity contribution >= 4 is 41.7 Å². The molecule has 0 unspecified atom stereocenters. The first-order valence-corrected chi connectivity index (χ1v) is 8.78. The number of nitrogens with one attached hydrogen (secondary N) is 2. The summed E-state index contributed by atoms with van der Waals surface area (Å²) in [4.78, 5) is 3.93. The number of nitrogens with zero attached hydrogens (tertiary/aromatic N) is 1. The molecule has 0 aliphatic carbocycles. The van der Waals surface area contributed by atoms with Crippen molar-refractivity contribution in [3.8, 4) is 0 Å². The molecule has 1 aromatic rings. The fourth-order valence-corrected chi connectivity index (χ4v) is 2.57. The Balaban J connectivity index is 0.00000529. The van der Waals surface area contributed by atoms with Crippen LogP contribution in [-0.2, 0) is 5.75 Å². The molecule has 0 saturated heterocycles. The highest BCUT2D eigenvalue weighted by Gasteiger charge is 2.26. The summed E-state index contributed by atoms with van der Waals surface area (Å²) >= 11 is 1.78. The van der Waals surface area contributed by atoms with Crippen LogP contribution in [0.15, 0.2) is 29.3 Å². The summed E-state index contributed by atoms with van der Waals surface area (Å²) in [5, 5.41) is 6.00. The van der Waals surface area contributed by atoms with E-state index in [9.17, 15) is 13.2 Å². The van der Waals surface area contributed by atoms with Crippen LogP contribution in [0.25, 0.3) is 0 Å². The van der Waals surface area contributed by atoms with Gasteiger partial charge in [0.05, 0.1) is 13.0 Å². The number of rotatable bonds is 8. The molecule has 3 nitrogen and oxygen atoms in total. The van der Waals surface area contributed by atoms with E-state index in [4.69, 9.17) is 0 Å². The van der Waals surface area contributed by atoms with Crippen molar-refractivity contribution in [2.75, 3.05) is 25.4 Å². The molecule has 0 fully saturated rings. The van der Waals surface area contributed by atoms with Gasteiger partial charge in [-0.15, -0.1) is 24.0 Å². The van der Waals surface area contributed by atoms with E-state index < -0.39 is 12.6 Å². The van der Waals surface area contributed by atoms with Crippen molar-refractivity contribution in [2.45, 2.75) is 32.2 Å². The summed E-state index contributed by atoms with van der Waals surface area (Å²) in [5.74, 6) is 2.22. The molecular formula is C16H25F3IN3S. The maximum atomic E-state index is 12.1. The van der Waals surface area contributed by atoms with Gasteiger partial charge < -0.3 is 10.6 Å². The maximum absolute atomic E-state index is 12.1. The van der Waals surface area contributed by atoms with E-state index in [0.717, 1.165) is 11.5 Å². The summed E-state index contributed by atoms with van der Waals surface area (Å²) < 4.78 is 36.4. The van der Waals surface area contributed by atoms with Gasteiger partial charge in [-0.1, -0.05) is 29.8 Å². The lowest BCUT2D eigenvalue weighted by atomic mass is 10.2. The van der Waals surface area contributed by atoms with Gasteiger partial charge in [0.25, 0.3) is 0 Å². The van der Waals surface area contributed by atoms with Crippen LogP contribution >= 0.6 is 35.7 Å². The first kappa shape index (κ1) is 23.4. The molecule has 0 amide bonds. The lowest BCUT2D eigenvalue weighted by Crippen LogP contribution is -2.38. The number of halogens is 4. The Bertz CT molecular complexity index is 478. The second-order valence-electron chi connectivity index (χ2n) is 5.09. The van der Waals surface area contributed by atoms with Gasteiger partial charge in [0.15, 0.2) is 5.96 Å². The monoisotopic (exact) mass is 475 g/mol. The van der Waals surface area contributed by atoms with E-state index in [2.05, 4.69) is 46.8 Å². The molecule has 0 heterocycles. The van der Waals surface area contributed by atoms with Gasteiger partial charge in [0.2, 0.25) is 0 Å². The van der Waals surface area contributed by atoms with Crippen molar-refractivity contribution in [2.24, 2.45) is 4.99 Å². The van der Waals surface area contributed by atoms with E-state index in [0.29, 0.717) is 19.0 Å². The highest BCUT2D eigenvalue weighted by Crippen LogP contribution is 2.18. The average molecular weight is 475 g/mol. The lowest BCUT2D eigenvalue weighted by molar-refractivity contribution is -0.132. The highest BCUT2D eigenvalue weighted by atomic mass is 127. The third kappa shape index (κ3) is 11.8. The lowest BCUT2D eigenvalue weighted by Gasteiger charge is -2.11. The summed E-state index contributed by atoms with van der Waals surface area (Å²) in [5.41, 5.74) is 2.51. The first-order chi connectivity index (χ1) is 10.9. The van der Waals surface area contributed by atoms with Gasteiger partial charge in [-0.25, -0.2) is 0 Å². The van der Waals surface area contributed by atoms with Gasteiger partial charge in [0.1, 0.15) is 0 Å². The van der Waals surface area contributed by atoms with Crippen LogP contribution in [0.2, 0.25) is 0 Å². The number of aliphatic imine (C=N–C) groups is 1. The van der Waals surface area contributed by atoms with Crippen molar-refractivity contribution in [1.29, 1.82) is 0 Å². The molecule has 0 aliphatic heterocycles. The first-order valence-electron chi connectivity index (χ1n) is 7.63. The second-order valence-corrected chi connectivity index (χ2v) is 6.20. The molecule has 24 heavy (non-hydrogen) atoms. The molecule has 8 heteroatoms. The minimum absolute atomic E-state index is 0. The summed E-state index contributed by atoms with van der Waals surface area (Å²) in [6.45, 7) is 4.96. The molecule has 2 N–H and O–H groups in total. The fourth-order valence-electron chi connectivity index (χ4n) is 1.75. The Morgan fingerprint density at radius 1 is 1.17 bits per heavy atom. The summed E-state index contributed by atoms with van der Waals surface area (Å²) in [7, 11) is 0. The minimum atomic E-state index is -4.16. The highest BCUT2D eigenvalue weighted by molar-refractivity contribution is 14.0. The van der Waals surface area contributed by atoms with Crippen LogP contribution in [0.3, 0.4) is 0 Å². The molecule has 0 aliphatic rings. The Labute approximate surface area is 163 Å². The number of benzene rings is 1. The van der Waals surface area contributed by atoms with Crippen LogP contribution in [0.1, 0.15) is 24.5 Å². The van der Waals surface area contributed by atoms with Gasteiger partial charge >= 0.3 is 6.18 Å². The quantitative estimate of drug-likeness (QED) is 0.254. The molecule has 0 bridgehead atoms. The maximum Gasteiger partial charge on any atom is 0.390 e.